The molecule has 0 unspecified atom stereocenters. The number of rotatable bonds is 10. The number of nitrogens with one attached hydrogen (secondary N) is 1. The number of aromatic nitrogens is 1. The number of anilines is 1. The zero-order chi connectivity index (χ0) is 26.9. The highest BCUT2D eigenvalue weighted by Crippen LogP contribution is 2.31. The van der Waals surface area contributed by atoms with Gasteiger partial charge in [-0.2, -0.15) is 0 Å². The first-order chi connectivity index (χ1) is 18.5. The maximum absolute atomic E-state index is 12.9. The second-order valence-electron chi connectivity index (χ2n) is 9.26. The number of piperazine rings is 1. The van der Waals surface area contributed by atoms with Crippen LogP contribution in [-0.4, -0.2) is 77.6 Å². The van der Waals surface area contributed by atoms with Crippen LogP contribution < -0.4 is 5.32 Å². The SMILES string of the molecule is CCOC(=O)Nc1ccc([C@@H](c2ccc(C(=O)N(CC)CC)cc2)N2CCN(Cc3cscn3)CC2)cc1. The molecule has 0 radical (unpaired) electrons. The predicted octanol–water partition coefficient (Wildman–Crippen LogP) is 5.10. The summed E-state index contributed by atoms with van der Waals surface area (Å²) < 4.78 is 5.00. The van der Waals surface area contributed by atoms with Crippen LogP contribution >= 0.6 is 11.3 Å². The number of thiazole rings is 1. The van der Waals surface area contributed by atoms with Crippen molar-refractivity contribution in [1.29, 1.82) is 0 Å². The number of carbonyl (C=O) groups is 2. The average molecular weight is 536 g/mol. The molecule has 202 valence electrons. The van der Waals surface area contributed by atoms with Crippen LogP contribution in [0.5, 0.6) is 0 Å². The van der Waals surface area contributed by atoms with Crippen molar-refractivity contribution in [2.45, 2.75) is 33.4 Å². The number of hydrogen-bond donors (Lipinski definition) is 1. The van der Waals surface area contributed by atoms with E-state index < -0.39 is 6.09 Å². The first kappa shape index (κ1) is 27.8. The number of benzene rings is 2. The number of amides is 2. The monoisotopic (exact) mass is 535 g/mol. The molecule has 2 aromatic carbocycles. The van der Waals surface area contributed by atoms with E-state index in [1.165, 1.54) is 0 Å². The summed E-state index contributed by atoms with van der Waals surface area (Å²) in [7, 11) is 0. The lowest BCUT2D eigenvalue weighted by molar-refractivity contribution is 0.0772. The van der Waals surface area contributed by atoms with E-state index in [4.69, 9.17) is 4.74 Å². The summed E-state index contributed by atoms with van der Waals surface area (Å²) in [6.07, 6.45) is -0.457. The minimum Gasteiger partial charge on any atom is -0.450 e. The molecule has 4 rings (SSSR count). The van der Waals surface area contributed by atoms with Crippen molar-refractivity contribution in [2.24, 2.45) is 0 Å². The zero-order valence-electron chi connectivity index (χ0n) is 22.4. The summed E-state index contributed by atoms with van der Waals surface area (Å²) in [6, 6.07) is 16.0. The fraction of sp³-hybridized carbons (Fsp3) is 0.414. The molecule has 9 heteroatoms. The molecular formula is C29H37N5O3S. The van der Waals surface area contributed by atoms with Gasteiger partial charge in [0.1, 0.15) is 0 Å². The summed E-state index contributed by atoms with van der Waals surface area (Å²) >= 11 is 1.63. The highest BCUT2D eigenvalue weighted by atomic mass is 32.1. The Morgan fingerprint density at radius 3 is 2.16 bits per heavy atom. The lowest BCUT2D eigenvalue weighted by Gasteiger charge is -2.39. The van der Waals surface area contributed by atoms with Crippen LogP contribution in [0.1, 0.15) is 54.0 Å². The van der Waals surface area contributed by atoms with Crippen molar-refractivity contribution in [3.05, 3.63) is 81.8 Å². The van der Waals surface area contributed by atoms with Crippen LogP contribution in [0.2, 0.25) is 0 Å². The Morgan fingerprint density at radius 1 is 0.974 bits per heavy atom. The second-order valence-corrected chi connectivity index (χ2v) is 9.98. The molecule has 38 heavy (non-hydrogen) atoms. The molecular weight excluding hydrogens is 498 g/mol. The molecule has 1 N–H and O–H groups in total. The van der Waals surface area contributed by atoms with Crippen LogP contribution in [-0.2, 0) is 11.3 Å². The molecule has 3 aromatic rings. The Morgan fingerprint density at radius 2 is 1.61 bits per heavy atom. The van der Waals surface area contributed by atoms with E-state index in [0.717, 1.165) is 49.5 Å². The third kappa shape index (κ3) is 6.98. The fourth-order valence-electron chi connectivity index (χ4n) is 4.87. The van der Waals surface area contributed by atoms with E-state index in [2.05, 4.69) is 49.7 Å². The van der Waals surface area contributed by atoms with Gasteiger partial charge in [-0.1, -0.05) is 24.3 Å². The molecule has 0 spiro atoms. The van der Waals surface area contributed by atoms with Gasteiger partial charge in [0.25, 0.3) is 5.91 Å². The lowest BCUT2D eigenvalue weighted by atomic mass is 9.95. The smallest absolute Gasteiger partial charge is 0.411 e. The molecule has 0 saturated carbocycles. The van der Waals surface area contributed by atoms with Gasteiger partial charge in [-0.25, -0.2) is 9.78 Å². The van der Waals surface area contributed by atoms with Crippen LogP contribution in [0.3, 0.4) is 0 Å². The van der Waals surface area contributed by atoms with E-state index in [-0.39, 0.29) is 11.9 Å². The average Bonchev–Trinajstić information content (AvgIpc) is 3.45. The highest BCUT2D eigenvalue weighted by molar-refractivity contribution is 7.07. The molecule has 0 bridgehead atoms. The maximum atomic E-state index is 12.9. The summed E-state index contributed by atoms with van der Waals surface area (Å²) in [5.74, 6) is 0.0585. The van der Waals surface area contributed by atoms with E-state index in [1.54, 1.807) is 18.3 Å². The first-order valence-corrected chi connectivity index (χ1v) is 14.2. The first-order valence-electron chi connectivity index (χ1n) is 13.3. The molecule has 8 nitrogen and oxygen atoms in total. The lowest BCUT2D eigenvalue weighted by Crippen LogP contribution is -2.47. The molecule has 2 heterocycles. The Bertz CT molecular complexity index is 1160. The van der Waals surface area contributed by atoms with Gasteiger partial charge in [0.15, 0.2) is 0 Å². The normalized spacial score (nSPS) is 15.1. The third-order valence-electron chi connectivity index (χ3n) is 6.91. The molecule has 1 aliphatic heterocycles. The largest absolute Gasteiger partial charge is 0.450 e. The van der Waals surface area contributed by atoms with Gasteiger partial charge in [0.05, 0.1) is 23.9 Å². The standard InChI is InChI=1S/C29H37N5O3S/c1-4-33(5-2)28(35)24-9-7-22(8-10-24)27(23-11-13-25(14-12-23)31-29(36)37-6-3)34-17-15-32(16-18-34)19-26-20-38-21-30-26/h7-14,20-21,27H,4-6,15-19H2,1-3H3,(H,31,36)/t27-/m1/s1. The highest BCUT2D eigenvalue weighted by Gasteiger charge is 2.27. The Balaban J connectivity index is 1.54. The van der Waals surface area contributed by atoms with Gasteiger partial charge in [-0.3, -0.25) is 19.9 Å². The van der Waals surface area contributed by atoms with Crippen molar-refractivity contribution in [2.75, 3.05) is 51.2 Å². The molecule has 1 atom stereocenters. The van der Waals surface area contributed by atoms with Crippen LogP contribution in [0.25, 0.3) is 0 Å². The van der Waals surface area contributed by atoms with Crippen LogP contribution in [0, 0.1) is 0 Å². The van der Waals surface area contributed by atoms with Gasteiger partial charge in [-0.15, -0.1) is 11.3 Å². The van der Waals surface area contributed by atoms with Crippen molar-refractivity contribution < 1.29 is 14.3 Å². The molecule has 1 saturated heterocycles. The van der Waals surface area contributed by atoms with E-state index in [1.807, 2.05) is 48.5 Å². The van der Waals surface area contributed by atoms with Crippen molar-refractivity contribution in [1.82, 2.24) is 19.7 Å². The van der Waals surface area contributed by atoms with E-state index >= 15 is 0 Å². The van der Waals surface area contributed by atoms with E-state index in [9.17, 15) is 9.59 Å². The third-order valence-corrected chi connectivity index (χ3v) is 7.55. The topological polar surface area (TPSA) is 78.0 Å². The summed E-state index contributed by atoms with van der Waals surface area (Å²) in [5, 5.41) is 4.88. The van der Waals surface area contributed by atoms with Crippen molar-refractivity contribution >= 4 is 29.0 Å². The Labute approximate surface area is 229 Å². The summed E-state index contributed by atoms with van der Waals surface area (Å²) in [5.41, 5.74) is 6.68. The minimum atomic E-state index is -0.457. The minimum absolute atomic E-state index is 0.0330. The number of ether oxygens (including phenoxy) is 1. The molecule has 2 amide bonds. The van der Waals surface area contributed by atoms with Gasteiger partial charge in [-0.05, 0) is 56.2 Å². The van der Waals surface area contributed by atoms with E-state index in [0.29, 0.717) is 30.9 Å². The van der Waals surface area contributed by atoms with Crippen LogP contribution in [0.15, 0.2) is 59.4 Å². The number of nitrogens with zero attached hydrogens (tertiary/aromatic N) is 4. The summed E-state index contributed by atoms with van der Waals surface area (Å²) in [6.45, 7) is 12.1. The quantitative estimate of drug-likeness (QED) is 0.389. The number of hydrogen-bond acceptors (Lipinski definition) is 7. The Hall–Kier alpha value is -3.27. The number of carbonyl (C=O) groups excluding carboxylic acids is 2. The van der Waals surface area contributed by atoms with Gasteiger partial charge < -0.3 is 9.64 Å². The molecule has 1 fully saturated rings. The second kappa shape index (κ2) is 13.5. The fourth-order valence-corrected chi connectivity index (χ4v) is 5.42. The van der Waals surface area contributed by atoms with Crippen LogP contribution in [0.4, 0.5) is 10.5 Å². The summed E-state index contributed by atoms with van der Waals surface area (Å²) in [4.78, 5) is 35.9. The Kier molecular flexibility index (Phi) is 9.86. The predicted molar refractivity (Wildman–Crippen MR) is 152 cm³/mol. The van der Waals surface area contributed by atoms with Crippen molar-refractivity contribution in [3.63, 3.8) is 0 Å². The molecule has 1 aromatic heterocycles. The van der Waals surface area contributed by atoms with Crippen molar-refractivity contribution in [3.8, 4) is 0 Å². The van der Waals surface area contributed by atoms with Gasteiger partial charge in [0, 0.05) is 62.4 Å². The van der Waals surface area contributed by atoms with Gasteiger partial charge >= 0.3 is 6.09 Å². The van der Waals surface area contributed by atoms with Gasteiger partial charge in [0.2, 0.25) is 0 Å². The molecule has 0 aliphatic carbocycles. The maximum Gasteiger partial charge on any atom is 0.411 e. The zero-order valence-corrected chi connectivity index (χ0v) is 23.2. The molecule has 1 aliphatic rings.